The van der Waals surface area contributed by atoms with Crippen LogP contribution in [0, 0.1) is 11.3 Å². The van der Waals surface area contributed by atoms with Crippen LogP contribution in [0.3, 0.4) is 0 Å². The van der Waals surface area contributed by atoms with Crippen LogP contribution in [0.25, 0.3) is 20.5 Å². The van der Waals surface area contributed by atoms with Crippen LogP contribution in [0.5, 0.6) is 0 Å². The molecule has 5 nitrogen and oxygen atoms in total. The molecule has 1 aromatic heterocycles. The van der Waals surface area contributed by atoms with E-state index in [2.05, 4.69) is 35.7 Å². The lowest BCUT2D eigenvalue weighted by Crippen LogP contribution is -2.42. The highest BCUT2D eigenvalue weighted by molar-refractivity contribution is 7.22. The van der Waals surface area contributed by atoms with Gasteiger partial charge in [-0.3, -0.25) is 0 Å². The molecule has 2 aromatic carbocycles. The maximum atomic E-state index is 11.9. The van der Waals surface area contributed by atoms with Crippen molar-refractivity contribution < 1.29 is 14.3 Å². The average Bonchev–Trinajstić information content (AvgIpc) is 3.40. The Bertz CT molecular complexity index is 1110. The van der Waals surface area contributed by atoms with E-state index in [-0.39, 0.29) is 0 Å². The molecule has 0 saturated heterocycles. The normalized spacial score (nSPS) is 15.0. The molecule has 1 aliphatic carbocycles. The molecule has 0 atom stereocenters. The lowest BCUT2D eigenvalue weighted by atomic mass is 10.0. The van der Waals surface area contributed by atoms with E-state index in [4.69, 9.17) is 9.47 Å². The highest BCUT2D eigenvalue weighted by Crippen LogP contribution is 2.36. The third-order valence-electron chi connectivity index (χ3n) is 5.75. The monoisotopic (exact) mass is 434 g/mol. The molecule has 1 fully saturated rings. The Kier molecular flexibility index (Phi) is 6.55. The van der Waals surface area contributed by atoms with Crippen molar-refractivity contribution in [2.75, 3.05) is 13.2 Å². The van der Waals surface area contributed by atoms with Crippen molar-refractivity contribution in [3.63, 3.8) is 0 Å². The molecule has 1 saturated carbocycles. The first-order chi connectivity index (χ1) is 15.1. The van der Waals surface area contributed by atoms with Gasteiger partial charge in [0.05, 0.1) is 18.2 Å². The van der Waals surface area contributed by atoms with E-state index in [0.717, 1.165) is 36.1 Å². The number of rotatable bonds is 7. The van der Waals surface area contributed by atoms with Crippen molar-refractivity contribution in [3.05, 3.63) is 59.7 Å². The molecule has 0 aliphatic heterocycles. The molecule has 0 bridgehead atoms. The molecule has 160 valence electrons. The SMILES string of the molecule is CCOC(=O)OC1(CNCc2ccc3sc(-c4ccccc4C#N)cc3c2)CCCC1. The third kappa shape index (κ3) is 4.90. The van der Waals surface area contributed by atoms with Gasteiger partial charge >= 0.3 is 6.16 Å². The molecule has 1 heterocycles. The summed E-state index contributed by atoms with van der Waals surface area (Å²) in [4.78, 5) is 13.0. The first kappa shape index (κ1) is 21.4. The van der Waals surface area contributed by atoms with Crippen LogP contribution in [0.2, 0.25) is 0 Å². The second kappa shape index (κ2) is 9.51. The summed E-state index contributed by atoms with van der Waals surface area (Å²) < 4.78 is 11.9. The van der Waals surface area contributed by atoms with Gasteiger partial charge in [0.25, 0.3) is 0 Å². The molecule has 4 rings (SSSR count). The van der Waals surface area contributed by atoms with Gasteiger partial charge in [-0.05, 0) is 67.8 Å². The molecule has 3 aromatic rings. The van der Waals surface area contributed by atoms with Gasteiger partial charge in [-0.2, -0.15) is 5.26 Å². The zero-order valence-electron chi connectivity index (χ0n) is 17.6. The smallest absolute Gasteiger partial charge is 0.435 e. The predicted octanol–water partition coefficient (Wildman–Crippen LogP) is 6.02. The van der Waals surface area contributed by atoms with Crippen molar-refractivity contribution in [1.29, 1.82) is 5.26 Å². The van der Waals surface area contributed by atoms with Gasteiger partial charge in [-0.25, -0.2) is 4.79 Å². The summed E-state index contributed by atoms with van der Waals surface area (Å²) in [5.41, 5.74) is 2.38. The molecule has 0 unspecified atom stereocenters. The van der Waals surface area contributed by atoms with Gasteiger partial charge in [0, 0.05) is 28.2 Å². The number of hydrogen-bond donors (Lipinski definition) is 1. The largest absolute Gasteiger partial charge is 0.508 e. The fourth-order valence-electron chi connectivity index (χ4n) is 4.22. The number of ether oxygens (including phenoxy) is 2. The van der Waals surface area contributed by atoms with Crippen molar-refractivity contribution in [2.45, 2.75) is 44.8 Å². The van der Waals surface area contributed by atoms with Crippen LogP contribution in [0.1, 0.15) is 43.7 Å². The van der Waals surface area contributed by atoms with Crippen LogP contribution in [0.4, 0.5) is 4.79 Å². The maximum absolute atomic E-state index is 11.9. The number of nitrogens with one attached hydrogen (secondary N) is 1. The number of nitriles is 1. The summed E-state index contributed by atoms with van der Waals surface area (Å²) in [6.07, 6.45) is 3.29. The Morgan fingerprint density at radius 1 is 1.19 bits per heavy atom. The van der Waals surface area contributed by atoms with Crippen LogP contribution in [-0.4, -0.2) is 24.9 Å². The molecule has 6 heteroatoms. The number of hydrogen-bond acceptors (Lipinski definition) is 6. The number of fused-ring (bicyclic) bond motifs is 1. The average molecular weight is 435 g/mol. The minimum atomic E-state index is -0.573. The van der Waals surface area contributed by atoms with E-state index in [9.17, 15) is 10.1 Å². The second-order valence-electron chi connectivity index (χ2n) is 7.92. The highest BCUT2D eigenvalue weighted by Gasteiger charge is 2.38. The van der Waals surface area contributed by atoms with Gasteiger partial charge in [0.2, 0.25) is 0 Å². The molecule has 0 radical (unpaired) electrons. The molecular formula is C25H26N2O3S. The van der Waals surface area contributed by atoms with Crippen molar-refractivity contribution >= 4 is 27.6 Å². The maximum Gasteiger partial charge on any atom is 0.508 e. The van der Waals surface area contributed by atoms with E-state index in [0.29, 0.717) is 25.3 Å². The fraction of sp³-hybridized carbons (Fsp3) is 0.360. The summed E-state index contributed by atoms with van der Waals surface area (Å²) >= 11 is 1.70. The quantitative estimate of drug-likeness (QED) is 0.461. The topological polar surface area (TPSA) is 71.3 Å². The molecule has 1 N–H and O–H groups in total. The summed E-state index contributed by atoms with van der Waals surface area (Å²) in [5, 5.41) is 14.1. The molecule has 31 heavy (non-hydrogen) atoms. The van der Waals surface area contributed by atoms with E-state index in [1.165, 1.54) is 15.6 Å². The number of carbonyl (C=O) groups is 1. The number of carbonyl (C=O) groups excluding carboxylic acids is 1. The minimum absolute atomic E-state index is 0.323. The zero-order chi connectivity index (χ0) is 21.7. The summed E-state index contributed by atoms with van der Waals surface area (Å²) in [6.45, 7) is 3.42. The molecule has 1 aliphatic rings. The Morgan fingerprint density at radius 2 is 2.00 bits per heavy atom. The van der Waals surface area contributed by atoms with E-state index >= 15 is 0 Å². The second-order valence-corrected chi connectivity index (χ2v) is 9.00. The molecule has 0 spiro atoms. The van der Waals surface area contributed by atoms with E-state index < -0.39 is 11.8 Å². The Hall–Kier alpha value is -2.88. The number of benzene rings is 2. The van der Waals surface area contributed by atoms with Gasteiger partial charge in [-0.15, -0.1) is 11.3 Å². The number of nitrogens with zero attached hydrogens (tertiary/aromatic N) is 1. The minimum Gasteiger partial charge on any atom is -0.435 e. The van der Waals surface area contributed by atoms with Gasteiger partial charge in [0.1, 0.15) is 5.60 Å². The standard InChI is InChI=1S/C25H26N2O3S/c1-2-29-24(28)30-25(11-5-6-12-25)17-27-16-18-9-10-22-20(13-18)14-23(31-22)21-8-4-3-7-19(21)15-26/h3-4,7-10,13-14,27H,2,5-6,11-12,16-17H2,1H3. The van der Waals surface area contributed by atoms with Crippen molar-refractivity contribution in [3.8, 4) is 16.5 Å². The number of thiophene rings is 1. The first-order valence-corrected chi connectivity index (χ1v) is 11.5. The van der Waals surface area contributed by atoms with Gasteiger partial charge in [0.15, 0.2) is 0 Å². The molecule has 0 amide bonds. The summed E-state index contributed by atoms with van der Waals surface area (Å²) in [7, 11) is 0. The third-order valence-corrected chi connectivity index (χ3v) is 6.90. The van der Waals surface area contributed by atoms with Crippen molar-refractivity contribution in [2.24, 2.45) is 0 Å². The lowest BCUT2D eigenvalue weighted by Gasteiger charge is -2.28. The Balaban J connectivity index is 1.44. The summed E-state index contributed by atoms with van der Waals surface area (Å²) in [5.74, 6) is 0. The summed E-state index contributed by atoms with van der Waals surface area (Å²) in [6, 6.07) is 18.6. The van der Waals surface area contributed by atoms with Crippen LogP contribution < -0.4 is 5.32 Å². The van der Waals surface area contributed by atoms with E-state index in [1.54, 1.807) is 18.3 Å². The van der Waals surface area contributed by atoms with Crippen LogP contribution in [-0.2, 0) is 16.0 Å². The van der Waals surface area contributed by atoms with E-state index in [1.807, 2.05) is 24.3 Å². The fourth-order valence-corrected chi connectivity index (χ4v) is 5.31. The predicted molar refractivity (Wildman–Crippen MR) is 123 cm³/mol. The van der Waals surface area contributed by atoms with Crippen LogP contribution in [0.15, 0.2) is 48.5 Å². The highest BCUT2D eigenvalue weighted by atomic mass is 32.1. The van der Waals surface area contributed by atoms with Crippen molar-refractivity contribution in [1.82, 2.24) is 5.32 Å². The molecular weight excluding hydrogens is 408 g/mol. The van der Waals surface area contributed by atoms with Crippen LogP contribution >= 0.6 is 11.3 Å². The lowest BCUT2D eigenvalue weighted by molar-refractivity contribution is -0.0299. The van der Waals surface area contributed by atoms with Gasteiger partial charge in [-0.1, -0.05) is 24.3 Å². The Labute approximate surface area is 186 Å². The first-order valence-electron chi connectivity index (χ1n) is 10.7. The Morgan fingerprint density at radius 3 is 2.77 bits per heavy atom. The zero-order valence-corrected chi connectivity index (χ0v) is 18.5. The van der Waals surface area contributed by atoms with Gasteiger partial charge < -0.3 is 14.8 Å².